The molecule has 4 N–H and O–H groups in total. The van der Waals surface area contributed by atoms with Gasteiger partial charge in [-0.1, -0.05) is 22.0 Å². The first-order chi connectivity index (χ1) is 16.1. The molecule has 5 rings (SSSR count). The summed E-state index contributed by atoms with van der Waals surface area (Å²) >= 11 is 3.53. The van der Waals surface area contributed by atoms with Crippen LogP contribution in [0.15, 0.2) is 53.1 Å². The lowest BCUT2D eigenvalue weighted by Gasteiger charge is -2.24. The van der Waals surface area contributed by atoms with E-state index in [0.29, 0.717) is 6.61 Å². The van der Waals surface area contributed by atoms with Crippen LogP contribution in [0.1, 0.15) is 17.3 Å². The highest BCUT2D eigenvalue weighted by Crippen LogP contribution is 2.34. The van der Waals surface area contributed by atoms with Crippen LogP contribution >= 0.6 is 15.9 Å². The number of halogens is 4. The second-order valence-corrected chi connectivity index (χ2v) is 8.34. The number of nitrogens with two attached hydrogens (primary N) is 1. The Hall–Kier alpha value is -3.67. The normalized spacial score (nSPS) is 15.1. The van der Waals surface area contributed by atoms with E-state index in [2.05, 4.69) is 36.9 Å². The number of carboxylic acids is 1. The molecule has 0 radical (unpaired) electrons. The first-order valence-electron chi connectivity index (χ1n) is 9.90. The van der Waals surface area contributed by atoms with Crippen LogP contribution in [0.3, 0.4) is 0 Å². The van der Waals surface area contributed by atoms with E-state index >= 15 is 0 Å². The number of carbonyl (C=O) groups is 1. The van der Waals surface area contributed by atoms with Crippen molar-refractivity contribution in [2.24, 2.45) is 0 Å². The number of nitrogens with one attached hydrogen (secondary N) is 1. The van der Waals surface area contributed by atoms with Gasteiger partial charge in [-0.05, 0) is 48.4 Å². The van der Waals surface area contributed by atoms with Crippen molar-refractivity contribution in [3.8, 4) is 17.0 Å². The zero-order valence-corrected chi connectivity index (χ0v) is 18.9. The molecule has 1 atom stereocenters. The fourth-order valence-electron chi connectivity index (χ4n) is 3.46. The van der Waals surface area contributed by atoms with E-state index in [4.69, 9.17) is 25.4 Å². The minimum atomic E-state index is -5.08. The summed E-state index contributed by atoms with van der Waals surface area (Å²) in [5, 5.41) is 7.12. The number of fused-ring (bicyclic) bond motifs is 2. The molecular weight excluding hydrogens is 519 g/mol. The van der Waals surface area contributed by atoms with Crippen molar-refractivity contribution >= 4 is 38.9 Å². The Morgan fingerprint density at radius 2 is 1.94 bits per heavy atom. The number of nitrogen functional groups attached to an aromatic ring is 1. The van der Waals surface area contributed by atoms with Crippen LogP contribution in [0.25, 0.3) is 22.3 Å². The van der Waals surface area contributed by atoms with Crippen molar-refractivity contribution in [1.82, 2.24) is 19.9 Å². The fraction of sp³-hybridized carbons (Fsp3) is 0.182. The highest BCUT2D eigenvalue weighted by atomic mass is 79.9. The summed E-state index contributed by atoms with van der Waals surface area (Å²) in [6.45, 7) is 0.615. The molecule has 0 spiro atoms. The van der Waals surface area contributed by atoms with Gasteiger partial charge in [0.2, 0.25) is 5.95 Å². The van der Waals surface area contributed by atoms with Crippen molar-refractivity contribution < 1.29 is 27.8 Å². The van der Waals surface area contributed by atoms with Gasteiger partial charge in [0.05, 0.1) is 29.3 Å². The number of benzene rings is 2. The number of aromatic nitrogens is 4. The number of hydrogen-bond donors (Lipinski definition) is 3. The minimum absolute atomic E-state index is 0.192. The molecule has 12 heteroatoms. The molecule has 0 bridgehead atoms. The summed E-state index contributed by atoms with van der Waals surface area (Å²) in [6, 6.07) is 14.0. The third-order valence-corrected chi connectivity index (χ3v) is 5.52. The molecule has 8 nitrogen and oxygen atoms in total. The van der Waals surface area contributed by atoms with E-state index < -0.39 is 12.1 Å². The van der Waals surface area contributed by atoms with E-state index in [1.54, 1.807) is 6.20 Å². The van der Waals surface area contributed by atoms with Crippen LogP contribution in [0, 0.1) is 0 Å². The third-order valence-electron chi connectivity index (χ3n) is 5.03. The van der Waals surface area contributed by atoms with Crippen LogP contribution < -0.4 is 10.5 Å². The Morgan fingerprint density at radius 1 is 1.18 bits per heavy atom. The number of aromatic amines is 1. The molecule has 176 valence electrons. The molecule has 0 amide bonds. The van der Waals surface area contributed by atoms with Gasteiger partial charge in [0.15, 0.2) is 0 Å². The van der Waals surface area contributed by atoms with Crippen molar-refractivity contribution in [2.45, 2.75) is 18.5 Å². The summed E-state index contributed by atoms with van der Waals surface area (Å²) in [4.78, 5) is 25.4. The van der Waals surface area contributed by atoms with Gasteiger partial charge in [0, 0.05) is 16.2 Å². The van der Waals surface area contributed by atoms with Gasteiger partial charge in [0.25, 0.3) is 0 Å². The molecule has 0 saturated heterocycles. The molecule has 0 fully saturated rings. The van der Waals surface area contributed by atoms with Gasteiger partial charge >= 0.3 is 12.1 Å². The molecule has 1 aliphatic rings. The highest BCUT2D eigenvalue weighted by Gasteiger charge is 2.38. The number of carboxylic acid groups (broad SMARTS) is 1. The Morgan fingerprint density at radius 3 is 2.65 bits per heavy atom. The fourth-order valence-corrected chi connectivity index (χ4v) is 3.86. The molecule has 4 aromatic rings. The maximum atomic E-state index is 10.6. The number of aliphatic carboxylic acids is 1. The highest BCUT2D eigenvalue weighted by molar-refractivity contribution is 9.10. The lowest BCUT2D eigenvalue weighted by molar-refractivity contribution is -0.192. The maximum absolute atomic E-state index is 10.6. The number of alkyl halides is 3. The number of nitrogens with zero attached hydrogens (tertiary/aromatic N) is 3. The van der Waals surface area contributed by atoms with Crippen LogP contribution in [0.2, 0.25) is 0 Å². The Kier molecular flexibility index (Phi) is 6.42. The van der Waals surface area contributed by atoms with Crippen molar-refractivity contribution in [3.63, 3.8) is 0 Å². The topological polar surface area (TPSA) is 127 Å². The lowest BCUT2D eigenvalue weighted by Crippen LogP contribution is -2.21. The molecule has 3 heterocycles. The summed E-state index contributed by atoms with van der Waals surface area (Å²) in [6.07, 6.45) is -2.53. The first kappa shape index (κ1) is 23.5. The quantitative estimate of drug-likeness (QED) is 0.339. The Bertz CT molecular complexity index is 1360. The average Bonchev–Trinajstić information content (AvgIpc) is 3.22. The van der Waals surface area contributed by atoms with Gasteiger partial charge in [-0.3, -0.25) is 0 Å². The third kappa shape index (κ3) is 5.28. The molecule has 34 heavy (non-hydrogen) atoms. The predicted molar refractivity (Wildman–Crippen MR) is 121 cm³/mol. The van der Waals surface area contributed by atoms with Crippen LogP contribution in [0.4, 0.5) is 19.1 Å². The minimum Gasteiger partial charge on any atom is -0.493 e. The van der Waals surface area contributed by atoms with Gasteiger partial charge in [0.1, 0.15) is 11.6 Å². The molecule has 2 aromatic heterocycles. The van der Waals surface area contributed by atoms with Crippen LogP contribution in [0.5, 0.6) is 5.75 Å². The van der Waals surface area contributed by atoms with E-state index in [-0.39, 0.29) is 11.9 Å². The van der Waals surface area contributed by atoms with E-state index in [1.165, 1.54) is 5.56 Å². The molecule has 0 saturated carbocycles. The molecular formula is C22H17BrF3N5O3. The lowest BCUT2D eigenvalue weighted by atomic mass is 9.96. The first-order valence-corrected chi connectivity index (χ1v) is 10.7. The average molecular weight is 536 g/mol. The SMILES string of the molecule is Nc1nccc(-c2ccc3nc(C4COc5ccc(Br)cc5C4)[nH]c3c2)n1.O=C(O)C(F)(F)F. The largest absolute Gasteiger partial charge is 0.493 e. The maximum Gasteiger partial charge on any atom is 0.490 e. The van der Waals surface area contributed by atoms with Crippen molar-refractivity contribution in [2.75, 3.05) is 12.3 Å². The van der Waals surface area contributed by atoms with Crippen molar-refractivity contribution in [3.05, 3.63) is 64.5 Å². The monoisotopic (exact) mass is 535 g/mol. The number of ether oxygens (including phenoxy) is 1. The van der Waals surface area contributed by atoms with E-state index in [9.17, 15) is 13.2 Å². The van der Waals surface area contributed by atoms with Gasteiger partial charge < -0.3 is 20.6 Å². The number of imidazole rings is 1. The number of anilines is 1. The summed E-state index contributed by atoms with van der Waals surface area (Å²) < 4.78 is 38.7. The summed E-state index contributed by atoms with van der Waals surface area (Å²) in [5.41, 5.74) is 10.6. The summed E-state index contributed by atoms with van der Waals surface area (Å²) in [7, 11) is 0. The predicted octanol–water partition coefficient (Wildman–Crippen LogP) is 4.72. The van der Waals surface area contributed by atoms with Crippen molar-refractivity contribution in [1.29, 1.82) is 0 Å². The smallest absolute Gasteiger partial charge is 0.490 e. The van der Waals surface area contributed by atoms with Gasteiger partial charge in [-0.25, -0.2) is 19.7 Å². The van der Waals surface area contributed by atoms with Gasteiger partial charge in [-0.15, -0.1) is 0 Å². The summed E-state index contributed by atoms with van der Waals surface area (Å²) in [5.74, 6) is -0.406. The number of hydrogen-bond acceptors (Lipinski definition) is 6. The standard InChI is InChI=1S/C20H16BrN5O.C2HF3O2/c21-14-2-4-18-12(8-14)7-13(10-27-18)19-24-16-3-1-11(9-17(16)25-19)15-5-6-23-20(22)26-15;3-2(4,5)1(6)7/h1-6,8-9,13H,7,10H2,(H,24,25)(H2,22,23,26);(H,6,7). The number of H-pyrrole nitrogens is 1. The molecule has 1 aliphatic heterocycles. The number of rotatable bonds is 2. The Balaban J connectivity index is 0.000000344. The van der Waals surface area contributed by atoms with Gasteiger partial charge in [-0.2, -0.15) is 13.2 Å². The van der Waals surface area contributed by atoms with E-state index in [0.717, 1.165) is 44.8 Å². The second-order valence-electron chi connectivity index (χ2n) is 7.42. The molecule has 2 aromatic carbocycles. The van der Waals surface area contributed by atoms with E-state index in [1.807, 2.05) is 36.4 Å². The van der Waals surface area contributed by atoms with Crippen LogP contribution in [-0.4, -0.2) is 43.8 Å². The molecule has 0 aliphatic carbocycles. The van der Waals surface area contributed by atoms with Crippen LogP contribution in [-0.2, 0) is 11.2 Å². The Labute approximate surface area is 199 Å². The molecule has 1 unspecified atom stereocenters. The zero-order chi connectivity index (χ0) is 24.5. The zero-order valence-electron chi connectivity index (χ0n) is 17.3. The second kappa shape index (κ2) is 9.29.